The number of benzene rings is 3. The van der Waals surface area contributed by atoms with Crippen molar-refractivity contribution in [2.24, 2.45) is 0 Å². The summed E-state index contributed by atoms with van der Waals surface area (Å²) in [7, 11) is 0. The summed E-state index contributed by atoms with van der Waals surface area (Å²) in [6.45, 7) is 5.26. The average molecular weight is 388 g/mol. The van der Waals surface area contributed by atoms with Crippen molar-refractivity contribution in [3.8, 4) is 0 Å². The number of likely N-dealkylation sites (tertiary alicyclic amines) is 1. The Morgan fingerprint density at radius 2 is 1.62 bits per heavy atom. The molecule has 0 N–H and O–H groups in total. The summed E-state index contributed by atoms with van der Waals surface area (Å²) in [5, 5.41) is 2.48. The maximum absolute atomic E-state index is 12.5. The molecule has 1 aliphatic heterocycles. The van der Waals surface area contributed by atoms with E-state index in [4.69, 9.17) is 4.74 Å². The van der Waals surface area contributed by atoms with E-state index >= 15 is 0 Å². The van der Waals surface area contributed by atoms with Gasteiger partial charge < -0.3 is 4.74 Å². The second-order valence-corrected chi connectivity index (χ2v) is 8.09. The molecule has 1 saturated heterocycles. The van der Waals surface area contributed by atoms with Gasteiger partial charge in [-0.1, -0.05) is 72.8 Å². The van der Waals surface area contributed by atoms with Gasteiger partial charge in [0.15, 0.2) is 0 Å². The van der Waals surface area contributed by atoms with Gasteiger partial charge in [-0.15, -0.1) is 0 Å². The maximum atomic E-state index is 12.5. The number of esters is 1. The lowest BCUT2D eigenvalue weighted by Gasteiger charge is -2.42. The lowest BCUT2D eigenvalue weighted by Crippen LogP contribution is -2.43. The molecule has 0 aromatic heterocycles. The molecule has 3 nitrogen and oxygen atoms in total. The van der Waals surface area contributed by atoms with Crippen LogP contribution in [0.15, 0.2) is 72.8 Å². The Labute approximate surface area is 173 Å². The van der Waals surface area contributed by atoms with Gasteiger partial charge in [0.1, 0.15) is 0 Å². The molecule has 1 heterocycles. The lowest BCUT2D eigenvalue weighted by molar-refractivity contribution is -0.145. The van der Waals surface area contributed by atoms with Crippen LogP contribution in [0.25, 0.3) is 10.8 Å². The highest BCUT2D eigenvalue weighted by atomic mass is 16.5. The Morgan fingerprint density at radius 3 is 2.34 bits per heavy atom. The minimum atomic E-state index is -0.149. The van der Waals surface area contributed by atoms with Gasteiger partial charge in [-0.3, -0.25) is 9.69 Å². The Balaban J connectivity index is 1.57. The van der Waals surface area contributed by atoms with Crippen molar-refractivity contribution in [1.82, 2.24) is 4.90 Å². The summed E-state index contributed by atoms with van der Waals surface area (Å²) in [5.41, 5.74) is 2.46. The van der Waals surface area contributed by atoms with E-state index in [2.05, 4.69) is 77.7 Å². The molecule has 0 aliphatic carbocycles. The summed E-state index contributed by atoms with van der Waals surface area (Å²) in [5.74, 6) is -0.0860. The third-order valence-electron chi connectivity index (χ3n) is 6.21. The number of ether oxygens (including phenoxy) is 1. The lowest BCUT2D eigenvalue weighted by atomic mass is 9.70. The molecule has 0 saturated carbocycles. The minimum absolute atomic E-state index is 0.0860. The first-order valence-corrected chi connectivity index (χ1v) is 10.6. The van der Waals surface area contributed by atoms with Gasteiger partial charge in [-0.25, -0.2) is 0 Å². The highest BCUT2D eigenvalue weighted by Crippen LogP contribution is 2.40. The smallest absolute Gasteiger partial charge is 0.306 e. The predicted octanol–water partition coefficient (Wildman–Crippen LogP) is 5.33. The monoisotopic (exact) mass is 387 g/mol. The molecule has 0 unspecified atom stereocenters. The van der Waals surface area contributed by atoms with E-state index < -0.39 is 0 Å². The van der Waals surface area contributed by atoms with E-state index in [-0.39, 0.29) is 11.4 Å². The molecule has 3 aromatic carbocycles. The molecule has 1 fully saturated rings. The van der Waals surface area contributed by atoms with Gasteiger partial charge in [-0.2, -0.15) is 0 Å². The molecule has 3 aromatic rings. The van der Waals surface area contributed by atoms with Gasteiger partial charge in [0.2, 0.25) is 0 Å². The Morgan fingerprint density at radius 1 is 0.931 bits per heavy atom. The van der Waals surface area contributed by atoms with Crippen LogP contribution in [0.5, 0.6) is 0 Å². The first-order valence-electron chi connectivity index (χ1n) is 10.6. The SMILES string of the molecule is CCOC(=O)CC1(c2ccc3ccccc3c2)CCN(Cc2ccccc2)CC1. The van der Waals surface area contributed by atoms with Gasteiger partial charge in [0.25, 0.3) is 0 Å². The summed E-state index contributed by atoms with van der Waals surface area (Å²) >= 11 is 0. The number of hydrogen-bond acceptors (Lipinski definition) is 3. The van der Waals surface area contributed by atoms with E-state index in [0.29, 0.717) is 13.0 Å². The molecular formula is C26H29NO2. The Bertz CT molecular complexity index is 959. The van der Waals surface area contributed by atoms with E-state index in [1.807, 2.05) is 6.92 Å². The zero-order valence-electron chi connectivity index (χ0n) is 17.1. The number of fused-ring (bicyclic) bond motifs is 1. The fourth-order valence-electron chi connectivity index (χ4n) is 4.56. The summed E-state index contributed by atoms with van der Waals surface area (Å²) in [4.78, 5) is 15.0. The first kappa shape index (κ1) is 19.7. The van der Waals surface area contributed by atoms with Gasteiger partial charge in [0, 0.05) is 12.0 Å². The quantitative estimate of drug-likeness (QED) is 0.536. The van der Waals surface area contributed by atoms with Crippen LogP contribution in [0.4, 0.5) is 0 Å². The first-order chi connectivity index (χ1) is 14.2. The van der Waals surface area contributed by atoms with Crippen LogP contribution in [0.1, 0.15) is 37.3 Å². The van der Waals surface area contributed by atoms with Crippen LogP contribution >= 0.6 is 0 Å². The Hall–Kier alpha value is -2.65. The Kier molecular flexibility index (Phi) is 5.96. The van der Waals surface area contributed by atoms with E-state index in [1.54, 1.807) is 0 Å². The van der Waals surface area contributed by atoms with Gasteiger partial charge in [0.05, 0.1) is 13.0 Å². The van der Waals surface area contributed by atoms with Crippen molar-refractivity contribution in [2.45, 2.75) is 38.1 Å². The number of nitrogens with zero attached hydrogens (tertiary/aromatic N) is 1. The maximum Gasteiger partial charge on any atom is 0.306 e. The molecule has 4 rings (SSSR count). The van der Waals surface area contributed by atoms with E-state index in [9.17, 15) is 4.79 Å². The highest BCUT2D eigenvalue weighted by molar-refractivity contribution is 5.83. The molecule has 29 heavy (non-hydrogen) atoms. The summed E-state index contributed by atoms with van der Waals surface area (Å²) in [6, 6.07) is 25.7. The number of piperidine rings is 1. The van der Waals surface area contributed by atoms with E-state index in [0.717, 1.165) is 32.5 Å². The van der Waals surface area contributed by atoms with Crippen molar-refractivity contribution < 1.29 is 9.53 Å². The van der Waals surface area contributed by atoms with Crippen LogP contribution in [-0.2, 0) is 21.5 Å². The standard InChI is InChI=1S/C26H29NO2/c1-2-29-25(28)19-26(24-13-12-22-10-6-7-11-23(22)18-24)14-16-27(17-15-26)20-21-8-4-3-5-9-21/h3-13,18H,2,14-17,19-20H2,1H3. The third-order valence-corrected chi connectivity index (χ3v) is 6.21. The van der Waals surface area contributed by atoms with Crippen LogP contribution in [0.2, 0.25) is 0 Å². The zero-order valence-corrected chi connectivity index (χ0v) is 17.1. The van der Waals surface area contributed by atoms with Crippen LogP contribution < -0.4 is 0 Å². The fourth-order valence-corrected chi connectivity index (χ4v) is 4.56. The summed E-state index contributed by atoms with van der Waals surface area (Å²) < 4.78 is 5.35. The highest BCUT2D eigenvalue weighted by Gasteiger charge is 2.38. The second-order valence-electron chi connectivity index (χ2n) is 8.09. The van der Waals surface area contributed by atoms with Gasteiger partial charge in [-0.05, 0) is 54.8 Å². The predicted molar refractivity (Wildman–Crippen MR) is 118 cm³/mol. The second kappa shape index (κ2) is 8.79. The molecular weight excluding hydrogens is 358 g/mol. The molecule has 0 amide bonds. The molecule has 150 valence electrons. The molecule has 3 heteroatoms. The summed E-state index contributed by atoms with van der Waals surface area (Å²) in [6.07, 6.45) is 2.40. The molecule has 0 atom stereocenters. The van der Waals surface area contributed by atoms with Crippen LogP contribution in [-0.4, -0.2) is 30.6 Å². The third kappa shape index (κ3) is 4.51. The molecule has 1 aliphatic rings. The van der Waals surface area contributed by atoms with Crippen LogP contribution in [0.3, 0.4) is 0 Å². The topological polar surface area (TPSA) is 29.5 Å². The average Bonchev–Trinajstić information content (AvgIpc) is 2.76. The molecule has 0 radical (unpaired) electrons. The van der Waals surface area contributed by atoms with Crippen molar-refractivity contribution in [3.05, 3.63) is 83.9 Å². The van der Waals surface area contributed by atoms with Crippen LogP contribution in [0, 0.1) is 0 Å². The zero-order chi connectivity index (χ0) is 20.1. The molecule has 0 bridgehead atoms. The molecule has 0 spiro atoms. The van der Waals surface area contributed by atoms with Crippen molar-refractivity contribution >= 4 is 16.7 Å². The number of rotatable bonds is 6. The largest absolute Gasteiger partial charge is 0.466 e. The minimum Gasteiger partial charge on any atom is -0.466 e. The van der Waals surface area contributed by atoms with Gasteiger partial charge >= 0.3 is 5.97 Å². The number of hydrogen-bond donors (Lipinski definition) is 0. The van der Waals surface area contributed by atoms with Crippen molar-refractivity contribution in [2.75, 3.05) is 19.7 Å². The van der Waals surface area contributed by atoms with E-state index in [1.165, 1.54) is 21.9 Å². The fraction of sp³-hybridized carbons (Fsp3) is 0.346. The number of carbonyl (C=O) groups is 1. The normalized spacial score (nSPS) is 16.6. The van der Waals surface area contributed by atoms with Crippen molar-refractivity contribution in [1.29, 1.82) is 0 Å². The number of carbonyl (C=O) groups excluding carboxylic acids is 1. The van der Waals surface area contributed by atoms with Crippen molar-refractivity contribution in [3.63, 3.8) is 0 Å².